The van der Waals surface area contributed by atoms with Crippen LogP contribution in [0.1, 0.15) is 58.6 Å². The second kappa shape index (κ2) is 8.45. The summed E-state index contributed by atoms with van der Waals surface area (Å²) in [6, 6.07) is 4.98. The fourth-order valence-electron chi connectivity index (χ4n) is 3.92. The largest absolute Gasteiger partial charge is 0.478 e. The van der Waals surface area contributed by atoms with E-state index in [1.165, 1.54) is 18.2 Å². The molecule has 2 aromatic rings. The van der Waals surface area contributed by atoms with Crippen LogP contribution in [0.2, 0.25) is 0 Å². The molecule has 166 valence electrons. The van der Waals surface area contributed by atoms with Gasteiger partial charge in [-0.15, -0.1) is 0 Å². The van der Waals surface area contributed by atoms with E-state index in [1.807, 2.05) is 0 Å². The summed E-state index contributed by atoms with van der Waals surface area (Å²) in [7, 11) is 0. The lowest BCUT2D eigenvalue weighted by molar-refractivity contribution is -0.137. The monoisotopic (exact) mass is 438 g/mol. The van der Waals surface area contributed by atoms with E-state index in [2.05, 4.69) is 9.88 Å². The Bertz CT molecular complexity index is 950. The zero-order chi connectivity index (χ0) is 22.2. The highest BCUT2D eigenvalue weighted by Crippen LogP contribution is 2.43. The molecule has 0 spiro atoms. The molecule has 9 heteroatoms. The molecule has 31 heavy (non-hydrogen) atoms. The fraction of sp³-hybridized carbons (Fsp3) is 0.455. The van der Waals surface area contributed by atoms with Gasteiger partial charge in [0, 0.05) is 31.9 Å². The first-order valence-electron chi connectivity index (χ1n) is 10.2. The van der Waals surface area contributed by atoms with Crippen LogP contribution in [-0.2, 0) is 12.7 Å². The predicted octanol–water partition coefficient (Wildman–Crippen LogP) is 4.86. The maximum atomic E-state index is 14.2. The van der Waals surface area contributed by atoms with Gasteiger partial charge in [-0.05, 0) is 60.9 Å². The zero-order valence-electron chi connectivity index (χ0n) is 16.7. The number of aromatic carboxylic acids is 1. The number of rotatable bonds is 6. The quantitative estimate of drug-likeness (QED) is 0.653. The van der Waals surface area contributed by atoms with E-state index in [0.29, 0.717) is 38.4 Å². The maximum absolute atomic E-state index is 14.2. The molecule has 0 amide bonds. The van der Waals surface area contributed by atoms with Gasteiger partial charge in [0.1, 0.15) is 11.9 Å². The number of alkyl halides is 3. The lowest BCUT2D eigenvalue weighted by Crippen LogP contribution is -2.38. The van der Waals surface area contributed by atoms with Gasteiger partial charge in [0.15, 0.2) is 0 Å². The topological polar surface area (TPSA) is 62.7 Å². The highest BCUT2D eigenvalue weighted by molar-refractivity contribution is 5.88. The van der Waals surface area contributed by atoms with Crippen LogP contribution in [-0.4, -0.2) is 40.2 Å². The van der Waals surface area contributed by atoms with Gasteiger partial charge in [0.05, 0.1) is 11.1 Å². The molecule has 4 rings (SSSR count). The Morgan fingerprint density at radius 1 is 1.16 bits per heavy atom. The molecule has 1 saturated heterocycles. The van der Waals surface area contributed by atoms with Crippen molar-refractivity contribution in [3.05, 3.63) is 58.5 Å². The van der Waals surface area contributed by atoms with E-state index in [9.17, 15) is 27.5 Å². The minimum atomic E-state index is -4.43. The van der Waals surface area contributed by atoms with Crippen LogP contribution in [0.3, 0.4) is 0 Å². The fourth-order valence-corrected chi connectivity index (χ4v) is 3.92. The SMILES string of the molecule is O=C(O)c1cc(C2CC2)c(CN2CCC(Oc3ccc(C(F)(F)F)cn3)CC2)cc1F. The Morgan fingerprint density at radius 3 is 2.42 bits per heavy atom. The minimum absolute atomic E-state index is 0.158. The van der Waals surface area contributed by atoms with Crippen molar-refractivity contribution in [3.8, 4) is 5.88 Å². The third-order valence-electron chi connectivity index (χ3n) is 5.76. The van der Waals surface area contributed by atoms with Crippen LogP contribution in [0.25, 0.3) is 0 Å². The molecule has 1 aliphatic carbocycles. The van der Waals surface area contributed by atoms with Crippen LogP contribution in [0.15, 0.2) is 30.5 Å². The highest BCUT2D eigenvalue weighted by atomic mass is 19.4. The molecule has 1 aromatic carbocycles. The number of carbonyl (C=O) groups is 1. The number of hydrogen-bond donors (Lipinski definition) is 1. The predicted molar refractivity (Wildman–Crippen MR) is 104 cm³/mol. The molecule has 1 aliphatic heterocycles. The molecule has 1 N–H and O–H groups in total. The lowest BCUT2D eigenvalue weighted by atomic mass is 9.98. The smallest absolute Gasteiger partial charge is 0.417 e. The molecular formula is C22H22F4N2O3. The van der Waals surface area contributed by atoms with Crippen molar-refractivity contribution in [2.24, 2.45) is 0 Å². The first-order chi connectivity index (χ1) is 14.7. The average molecular weight is 438 g/mol. The number of likely N-dealkylation sites (tertiary alicyclic amines) is 1. The van der Waals surface area contributed by atoms with Gasteiger partial charge in [-0.2, -0.15) is 13.2 Å². The molecule has 2 aliphatic rings. The summed E-state index contributed by atoms with van der Waals surface area (Å²) < 4.78 is 57.8. The van der Waals surface area contributed by atoms with Crippen LogP contribution < -0.4 is 4.74 Å². The molecular weight excluding hydrogens is 416 g/mol. The molecule has 1 saturated carbocycles. The molecule has 0 unspecified atom stereocenters. The van der Waals surface area contributed by atoms with E-state index < -0.39 is 23.5 Å². The third-order valence-corrected chi connectivity index (χ3v) is 5.76. The van der Waals surface area contributed by atoms with Crippen molar-refractivity contribution in [2.75, 3.05) is 13.1 Å². The number of piperidine rings is 1. The van der Waals surface area contributed by atoms with Gasteiger partial charge >= 0.3 is 12.1 Å². The number of carboxylic acids is 1. The Morgan fingerprint density at radius 2 is 1.87 bits per heavy atom. The molecule has 2 heterocycles. The van der Waals surface area contributed by atoms with Crippen molar-refractivity contribution in [3.63, 3.8) is 0 Å². The summed E-state index contributed by atoms with van der Waals surface area (Å²) in [6.07, 6.45) is -0.539. The summed E-state index contributed by atoms with van der Waals surface area (Å²) in [6.45, 7) is 1.88. The summed E-state index contributed by atoms with van der Waals surface area (Å²) >= 11 is 0. The first kappa shape index (κ1) is 21.5. The number of nitrogens with zero attached hydrogens (tertiary/aromatic N) is 2. The van der Waals surface area contributed by atoms with Crippen LogP contribution in [0.4, 0.5) is 17.6 Å². The van der Waals surface area contributed by atoms with E-state index in [4.69, 9.17) is 4.74 Å². The number of benzene rings is 1. The number of halogens is 4. The summed E-state index contributed by atoms with van der Waals surface area (Å²) in [5.74, 6) is -1.53. The lowest BCUT2D eigenvalue weighted by Gasteiger charge is -2.32. The van der Waals surface area contributed by atoms with Crippen molar-refractivity contribution in [2.45, 2.75) is 50.4 Å². The molecule has 0 atom stereocenters. The summed E-state index contributed by atoms with van der Waals surface area (Å²) in [4.78, 5) is 17.2. The van der Waals surface area contributed by atoms with Crippen molar-refractivity contribution >= 4 is 5.97 Å². The van der Waals surface area contributed by atoms with E-state index in [-0.39, 0.29) is 17.5 Å². The van der Waals surface area contributed by atoms with Gasteiger partial charge in [0.2, 0.25) is 5.88 Å². The highest BCUT2D eigenvalue weighted by Gasteiger charge is 2.32. The van der Waals surface area contributed by atoms with Gasteiger partial charge in [-0.1, -0.05) is 0 Å². The van der Waals surface area contributed by atoms with Gasteiger partial charge < -0.3 is 9.84 Å². The van der Waals surface area contributed by atoms with Gasteiger partial charge in [0.25, 0.3) is 0 Å². The Labute approximate surface area is 176 Å². The average Bonchev–Trinajstić information content (AvgIpc) is 3.54. The van der Waals surface area contributed by atoms with E-state index >= 15 is 0 Å². The molecule has 1 aromatic heterocycles. The van der Waals surface area contributed by atoms with Gasteiger partial charge in [-0.25, -0.2) is 14.2 Å². The summed E-state index contributed by atoms with van der Waals surface area (Å²) in [5.41, 5.74) is 0.615. The standard InChI is InChI=1S/C22H22F4N2O3/c23-19-9-14(17(13-1-2-13)10-18(19)21(29)30)12-28-7-5-16(6-8-28)31-20-4-3-15(11-27-20)22(24,25)26/h3-4,9-11,13,16H,1-2,5-8,12H2,(H,29,30). The number of aromatic nitrogens is 1. The molecule has 0 radical (unpaired) electrons. The zero-order valence-corrected chi connectivity index (χ0v) is 16.7. The van der Waals surface area contributed by atoms with Crippen molar-refractivity contribution in [1.29, 1.82) is 0 Å². The van der Waals surface area contributed by atoms with Gasteiger partial charge in [-0.3, -0.25) is 4.90 Å². The summed E-state index contributed by atoms with van der Waals surface area (Å²) in [5, 5.41) is 9.18. The normalized spacial score (nSPS) is 18.2. The Hall–Kier alpha value is -2.68. The third kappa shape index (κ3) is 5.15. The van der Waals surface area contributed by atoms with Crippen LogP contribution >= 0.6 is 0 Å². The molecule has 0 bridgehead atoms. The number of pyridine rings is 1. The van der Waals surface area contributed by atoms with Crippen LogP contribution in [0.5, 0.6) is 5.88 Å². The number of hydrogen-bond acceptors (Lipinski definition) is 4. The Balaban J connectivity index is 1.35. The van der Waals surface area contributed by atoms with E-state index in [0.717, 1.165) is 36.2 Å². The van der Waals surface area contributed by atoms with Crippen molar-refractivity contribution in [1.82, 2.24) is 9.88 Å². The Kier molecular flexibility index (Phi) is 5.88. The number of carboxylic acid groups (broad SMARTS) is 1. The van der Waals surface area contributed by atoms with Crippen molar-refractivity contribution < 1.29 is 32.2 Å². The van der Waals surface area contributed by atoms with Crippen LogP contribution in [0, 0.1) is 5.82 Å². The maximum Gasteiger partial charge on any atom is 0.417 e. The second-order valence-electron chi connectivity index (χ2n) is 8.09. The van der Waals surface area contributed by atoms with E-state index in [1.54, 1.807) is 0 Å². The number of ether oxygens (including phenoxy) is 1. The molecule has 5 nitrogen and oxygen atoms in total. The second-order valence-corrected chi connectivity index (χ2v) is 8.09. The minimum Gasteiger partial charge on any atom is -0.478 e. The first-order valence-corrected chi connectivity index (χ1v) is 10.2. The molecule has 2 fully saturated rings.